The molecule has 1 aromatic carbocycles. The molecule has 1 heterocycles. The normalized spacial score (nSPS) is 11.6. The topological polar surface area (TPSA) is 77.5 Å². The van der Waals surface area contributed by atoms with Crippen molar-refractivity contribution < 1.29 is 9.90 Å². The predicted molar refractivity (Wildman–Crippen MR) is 99.5 cm³/mol. The van der Waals surface area contributed by atoms with Crippen LogP contribution in [0.15, 0.2) is 48.7 Å². The Morgan fingerprint density at radius 2 is 1.96 bits per heavy atom. The van der Waals surface area contributed by atoms with Crippen molar-refractivity contribution in [2.45, 2.75) is 19.4 Å². The molecule has 1 aromatic heterocycles. The summed E-state index contributed by atoms with van der Waals surface area (Å²) >= 11 is 0. The quantitative estimate of drug-likeness (QED) is 0.644. The van der Waals surface area contributed by atoms with Crippen molar-refractivity contribution in [1.82, 2.24) is 15.2 Å². The Kier molecular flexibility index (Phi) is 7.22. The molecule has 2 amide bonds. The molecule has 1 atom stereocenters. The van der Waals surface area contributed by atoms with E-state index in [1.807, 2.05) is 55.6 Å². The summed E-state index contributed by atoms with van der Waals surface area (Å²) in [4.78, 5) is 17.8. The number of rotatable bonds is 8. The number of aliphatic hydroxyl groups is 1. The maximum atomic E-state index is 12.1. The van der Waals surface area contributed by atoms with Crippen LogP contribution in [0.25, 0.3) is 0 Å². The van der Waals surface area contributed by atoms with Gasteiger partial charge in [0.1, 0.15) is 5.82 Å². The number of pyridine rings is 1. The fraction of sp³-hybridized carbons (Fsp3) is 0.368. The van der Waals surface area contributed by atoms with E-state index in [9.17, 15) is 9.90 Å². The lowest BCUT2D eigenvalue weighted by Gasteiger charge is -2.21. The molecule has 3 N–H and O–H groups in total. The molecule has 0 aliphatic rings. The molecule has 2 aromatic rings. The van der Waals surface area contributed by atoms with Gasteiger partial charge in [-0.05, 0) is 30.5 Å². The van der Waals surface area contributed by atoms with Crippen LogP contribution in [0.2, 0.25) is 0 Å². The van der Waals surface area contributed by atoms with E-state index in [-0.39, 0.29) is 12.6 Å². The maximum absolute atomic E-state index is 12.1. The summed E-state index contributed by atoms with van der Waals surface area (Å²) in [5.74, 6) is 0.833. The Morgan fingerprint density at radius 3 is 2.64 bits per heavy atom. The number of carbonyl (C=O) groups excluding carboxylic acids is 1. The van der Waals surface area contributed by atoms with E-state index in [0.29, 0.717) is 6.54 Å². The first-order valence-electron chi connectivity index (χ1n) is 8.45. The van der Waals surface area contributed by atoms with E-state index < -0.39 is 6.10 Å². The maximum Gasteiger partial charge on any atom is 0.317 e. The molecule has 0 saturated carbocycles. The molecule has 0 bridgehead atoms. The summed E-state index contributed by atoms with van der Waals surface area (Å²) in [6, 6.07) is 13.1. The average Bonchev–Trinajstić information content (AvgIpc) is 2.63. The van der Waals surface area contributed by atoms with Crippen LogP contribution in [0, 0.1) is 6.92 Å². The molecular formula is C19H26N4O2. The number of aryl methyl sites for hydroxylation is 1. The molecule has 0 spiro atoms. The highest BCUT2D eigenvalue weighted by Gasteiger charge is 2.14. The molecule has 0 aliphatic heterocycles. The van der Waals surface area contributed by atoms with Crippen molar-refractivity contribution in [1.29, 1.82) is 0 Å². The number of hydrogen-bond acceptors (Lipinski definition) is 4. The van der Waals surface area contributed by atoms with Crippen molar-refractivity contribution in [2.24, 2.45) is 0 Å². The van der Waals surface area contributed by atoms with Gasteiger partial charge in [0.05, 0.1) is 12.6 Å². The summed E-state index contributed by atoms with van der Waals surface area (Å²) in [6.45, 7) is 3.54. The summed E-state index contributed by atoms with van der Waals surface area (Å²) in [5.41, 5.74) is 1.93. The van der Waals surface area contributed by atoms with E-state index in [2.05, 4.69) is 15.6 Å². The van der Waals surface area contributed by atoms with Gasteiger partial charge in [0, 0.05) is 26.3 Å². The predicted octanol–water partition coefficient (Wildman–Crippen LogP) is 2.57. The van der Waals surface area contributed by atoms with E-state index in [1.165, 1.54) is 4.90 Å². The fourth-order valence-electron chi connectivity index (χ4n) is 2.33. The first-order valence-corrected chi connectivity index (χ1v) is 8.45. The van der Waals surface area contributed by atoms with E-state index >= 15 is 0 Å². The third kappa shape index (κ3) is 6.43. The van der Waals surface area contributed by atoms with Crippen LogP contribution in [0.4, 0.5) is 10.6 Å². The molecular weight excluding hydrogens is 316 g/mol. The largest absolute Gasteiger partial charge is 0.387 e. The fourth-order valence-corrected chi connectivity index (χ4v) is 2.33. The van der Waals surface area contributed by atoms with Crippen LogP contribution >= 0.6 is 0 Å². The lowest BCUT2D eigenvalue weighted by molar-refractivity contribution is 0.131. The van der Waals surface area contributed by atoms with Gasteiger partial charge in [0.15, 0.2) is 0 Å². The second-order valence-electron chi connectivity index (χ2n) is 6.04. The SMILES string of the molecule is Cc1ccc(NCCCNC(=O)N(C)C[C@@H](O)c2ccccc2)nc1. The number of urea groups is 1. The third-order valence-corrected chi connectivity index (χ3v) is 3.83. The molecule has 25 heavy (non-hydrogen) atoms. The Labute approximate surface area is 148 Å². The molecule has 0 unspecified atom stereocenters. The molecule has 134 valence electrons. The second-order valence-corrected chi connectivity index (χ2v) is 6.04. The van der Waals surface area contributed by atoms with Gasteiger partial charge in [-0.1, -0.05) is 36.4 Å². The number of aromatic nitrogens is 1. The number of likely N-dealkylation sites (N-methyl/N-ethyl adjacent to an activating group) is 1. The molecule has 2 rings (SSSR count). The van der Waals surface area contributed by atoms with Crippen molar-refractivity contribution in [3.8, 4) is 0 Å². The zero-order valence-electron chi connectivity index (χ0n) is 14.8. The summed E-state index contributed by atoms with van der Waals surface area (Å²) in [7, 11) is 1.68. The minimum atomic E-state index is -0.689. The smallest absolute Gasteiger partial charge is 0.317 e. The highest BCUT2D eigenvalue weighted by molar-refractivity contribution is 5.73. The van der Waals surface area contributed by atoms with Gasteiger partial charge in [-0.2, -0.15) is 0 Å². The number of amides is 2. The van der Waals surface area contributed by atoms with Crippen LogP contribution < -0.4 is 10.6 Å². The number of nitrogens with zero attached hydrogens (tertiary/aromatic N) is 2. The number of aliphatic hydroxyl groups excluding tert-OH is 1. The molecule has 0 radical (unpaired) electrons. The Hall–Kier alpha value is -2.60. The minimum absolute atomic E-state index is 0.191. The highest BCUT2D eigenvalue weighted by Crippen LogP contribution is 2.12. The van der Waals surface area contributed by atoms with E-state index in [1.54, 1.807) is 7.05 Å². The number of anilines is 1. The van der Waals surface area contributed by atoms with Crippen molar-refractivity contribution >= 4 is 11.8 Å². The minimum Gasteiger partial charge on any atom is -0.387 e. The van der Waals surface area contributed by atoms with Gasteiger partial charge >= 0.3 is 6.03 Å². The molecule has 0 saturated heterocycles. The van der Waals surface area contributed by atoms with E-state index in [4.69, 9.17) is 0 Å². The Balaban J connectivity index is 1.63. The Morgan fingerprint density at radius 1 is 1.20 bits per heavy atom. The zero-order valence-corrected chi connectivity index (χ0v) is 14.8. The van der Waals surface area contributed by atoms with Crippen LogP contribution in [0.5, 0.6) is 0 Å². The zero-order chi connectivity index (χ0) is 18.1. The van der Waals surface area contributed by atoms with E-state index in [0.717, 1.165) is 29.9 Å². The van der Waals surface area contributed by atoms with Crippen LogP contribution in [0.3, 0.4) is 0 Å². The van der Waals surface area contributed by atoms with Gasteiger partial charge in [0.2, 0.25) is 0 Å². The van der Waals surface area contributed by atoms with Crippen LogP contribution in [-0.4, -0.2) is 47.7 Å². The monoisotopic (exact) mass is 342 g/mol. The van der Waals surface area contributed by atoms with Crippen molar-refractivity contribution in [3.63, 3.8) is 0 Å². The van der Waals surface area contributed by atoms with Gasteiger partial charge < -0.3 is 20.6 Å². The number of benzene rings is 1. The number of nitrogens with one attached hydrogen (secondary N) is 2. The molecule has 6 nitrogen and oxygen atoms in total. The number of hydrogen-bond donors (Lipinski definition) is 3. The first-order chi connectivity index (χ1) is 12.1. The lowest BCUT2D eigenvalue weighted by atomic mass is 10.1. The van der Waals surface area contributed by atoms with Gasteiger partial charge in [-0.25, -0.2) is 9.78 Å². The second kappa shape index (κ2) is 9.64. The average molecular weight is 342 g/mol. The van der Waals surface area contributed by atoms with Crippen LogP contribution in [-0.2, 0) is 0 Å². The third-order valence-electron chi connectivity index (χ3n) is 3.83. The molecule has 0 fully saturated rings. The van der Waals surface area contributed by atoms with Gasteiger partial charge in [-0.15, -0.1) is 0 Å². The van der Waals surface area contributed by atoms with Crippen LogP contribution in [0.1, 0.15) is 23.7 Å². The van der Waals surface area contributed by atoms with Gasteiger partial charge in [0.25, 0.3) is 0 Å². The molecule has 0 aliphatic carbocycles. The molecule has 6 heteroatoms. The first kappa shape index (κ1) is 18.7. The standard InChI is InChI=1S/C19H26N4O2/c1-15-9-10-18(22-13-15)20-11-6-12-21-19(25)23(2)14-17(24)16-7-4-3-5-8-16/h3-5,7-10,13,17,24H,6,11-12,14H2,1-2H3,(H,20,22)(H,21,25)/t17-/m1/s1. The lowest BCUT2D eigenvalue weighted by Crippen LogP contribution is -2.40. The van der Waals surface area contributed by atoms with Crippen molar-refractivity contribution in [2.75, 3.05) is 32.0 Å². The summed E-state index contributed by atoms with van der Waals surface area (Å²) in [5, 5.41) is 16.2. The Bertz CT molecular complexity index is 646. The summed E-state index contributed by atoms with van der Waals surface area (Å²) < 4.78 is 0. The highest BCUT2D eigenvalue weighted by atomic mass is 16.3. The van der Waals surface area contributed by atoms with Crippen molar-refractivity contribution in [3.05, 3.63) is 59.8 Å². The van der Waals surface area contributed by atoms with Gasteiger partial charge in [-0.3, -0.25) is 0 Å². The number of carbonyl (C=O) groups is 1. The summed E-state index contributed by atoms with van der Waals surface area (Å²) in [6.07, 6.45) is 1.92.